The number of aryl methyl sites for hydroxylation is 1. The van der Waals surface area contributed by atoms with Crippen molar-refractivity contribution in [2.24, 2.45) is 0 Å². The van der Waals surface area contributed by atoms with Crippen LogP contribution in [0.25, 0.3) is 23.0 Å². The van der Waals surface area contributed by atoms with Crippen molar-refractivity contribution in [2.45, 2.75) is 25.5 Å². The molecule has 1 aliphatic rings. The summed E-state index contributed by atoms with van der Waals surface area (Å²) in [6.45, 7) is 0.817. The van der Waals surface area contributed by atoms with Crippen molar-refractivity contribution in [1.29, 1.82) is 0 Å². The lowest BCUT2D eigenvalue weighted by Gasteiger charge is -2.18. The SMILES string of the molecule is OC1CCCn2nc(-c3nc(-c4ccsc4)no3)cc21. The number of rotatable bonds is 2. The first-order valence-electron chi connectivity index (χ1n) is 6.44. The fourth-order valence-electron chi connectivity index (χ4n) is 2.40. The Balaban J connectivity index is 1.71. The molecule has 3 aromatic heterocycles. The van der Waals surface area contributed by atoms with Gasteiger partial charge in [-0.15, -0.1) is 0 Å². The van der Waals surface area contributed by atoms with Gasteiger partial charge in [-0.05, 0) is 30.4 Å². The zero-order chi connectivity index (χ0) is 13.5. The van der Waals surface area contributed by atoms with Gasteiger partial charge in [0.15, 0.2) is 5.69 Å². The number of nitrogens with zero attached hydrogens (tertiary/aromatic N) is 4. The van der Waals surface area contributed by atoms with Gasteiger partial charge < -0.3 is 9.63 Å². The van der Waals surface area contributed by atoms with Crippen molar-refractivity contribution < 1.29 is 9.63 Å². The van der Waals surface area contributed by atoms with Gasteiger partial charge in [-0.1, -0.05) is 5.16 Å². The molecule has 1 atom stereocenters. The molecule has 0 spiro atoms. The van der Waals surface area contributed by atoms with Crippen molar-refractivity contribution in [2.75, 3.05) is 0 Å². The molecule has 0 saturated carbocycles. The Morgan fingerprint density at radius 2 is 2.40 bits per heavy atom. The van der Waals surface area contributed by atoms with Crippen LogP contribution in [0, 0.1) is 0 Å². The number of aliphatic hydroxyl groups is 1. The number of thiophene rings is 1. The molecular weight excluding hydrogens is 276 g/mol. The van der Waals surface area contributed by atoms with Gasteiger partial charge in [-0.3, -0.25) is 4.68 Å². The second-order valence-electron chi connectivity index (χ2n) is 4.77. The van der Waals surface area contributed by atoms with E-state index in [1.54, 1.807) is 11.3 Å². The molecule has 0 aromatic carbocycles. The Kier molecular flexibility index (Phi) is 2.68. The molecular formula is C13H12N4O2S. The van der Waals surface area contributed by atoms with Crippen molar-refractivity contribution >= 4 is 11.3 Å². The van der Waals surface area contributed by atoms with Gasteiger partial charge in [0.2, 0.25) is 5.82 Å². The van der Waals surface area contributed by atoms with Crippen LogP contribution in [-0.4, -0.2) is 25.0 Å². The zero-order valence-electron chi connectivity index (χ0n) is 10.6. The van der Waals surface area contributed by atoms with Gasteiger partial charge >= 0.3 is 0 Å². The Morgan fingerprint density at radius 1 is 1.45 bits per heavy atom. The third-order valence-corrected chi connectivity index (χ3v) is 4.11. The van der Waals surface area contributed by atoms with E-state index in [4.69, 9.17) is 4.52 Å². The topological polar surface area (TPSA) is 77.0 Å². The lowest BCUT2D eigenvalue weighted by atomic mass is 10.1. The molecule has 0 amide bonds. The molecule has 1 N–H and O–H groups in total. The minimum Gasteiger partial charge on any atom is -0.387 e. The number of fused-ring (bicyclic) bond motifs is 1. The Morgan fingerprint density at radius 3 is 3.20 bits per heavy atom. The van der Waals surface area contributed by atoms with Crippen molar-refractivity contribution in [3.63, 3.8) is 0 Å². The van der Waals surface area contributed by atoms with Crippen LogP contribution in [0.5, 0.6) is 0 Å². The van der Waals surface area contributed by atoms with E-state index in [0.717, 1.165) is 30.6 Å². The van der Waals surface area contributed by atoms with Crippen LogP contribution in [0.3, 0.4) is 0 Å². The van der Waals surface area contributed by atoms with Crippen LogP contribution in [-0.2, 0) is 6.54 Å². The maximum absolute atomic E-state index is 9.95. The lowest BCUT2D eigenvalue weighted by molar-refractivity contribution is 0.135. The van der Waals surface area contributed by atoms with Crippen molar-refractivity contribution in [1.82, 2.24) is 19.9 Å². The molecule has 4 rings (SSSR count). The fraction of sp³-hybridized carbons (Fsp3) is 0.308. The minimum atomic E-state index is -0.454. The first-order valence-corrected chi connectivity index (χ1v) is 7.38. The third kappa shape index (κ3) is 1.86. The molecule has 20 heavy (non-hydrogen) atoms. The third-order valence-electron chi connectivity index (χ3n) is 3.42. The molecule has 0 saturated heterocycles. The summed E-state index contributed by atoms with van der Waals surface area (Å²) in [5.41, 5.74) is 2.38. The van der Waals surface area contributed by atoms with Crippen LogP contribution in [0.15, 0.2) is 27.4 Å². The first-order chi connectivity index (χ1) is 9.81. The second-order valence-corrected chi connectivity index (χ2v) is 5.55. The molecule has 0 aliphatic carbocycles. The maximum atomic E-state index is 9.95. The Bertz CT molecular complexity index is 731. The molecule has 0 fully saturated rings. The van der Waals surface area contributed by atoms with Crippen LogP contribution in [0.1, 0.15) is 24.6 Å². The molecule has 7 heteroatoms. The average Bonchev–Trinajstić information content (AvgIpc) is 3.18. The van der Waals surface area contributed by atoms with Gasteiger partial charge in [0.1, 0.15) is 0 Å². The highest BCUT2D eigenvalue weighted by molar-refractivity contribution is 7.08. The Labute approximate surface area is 118 Å². The van der Waals surface area contributed by atoms with E-state index in [1.807, 2.05) is 27.6 Å². The minimum absolute atomic E-state index is 0.389. The lowest BCUT2D eigenvalue weighted by Crippen LogP contribution is -2.15. The van der Waals surface area contributed by atoms with E-state index in [1.165, 1.54) is 0 Å². The van der Waals surface area contributed by atoms with Crippen LogP contribution in [0.4, 0.5) is 0 Å². The molecule has 3 aromatic rings. The summed E-state index contributed by atoms with van der Waals surface area (Å²) < 4.78 is 7.09. The van der Waals surface area contributed by atoms with Crippen LogP contribution < -0.4 is 0 Å². The van der Waals surface area contributed by atoms with E-state index in [-0.39, 0.29) is 0 Å². The summed E-state index contributed by atoms with van der Waals surface area (Å²) in [4.78, 5) is 4.36. The normalized spacial score (nSPS) is 18.1. The largest absolute Gasteiger partial charge is 0.387 e. The predicted molar refractivity (Wildman–Crippen MR) is 73.0 cm³/mol. The average molecular weight is 288 g/mol. The molecule has 6 nitrogen and oxygen atoms in total. The van der Waals surface area contributed by atoms with E-state index >= 15 is 0 Å². The molecule has 102 valence electrons. The summed E-state index contributed by atoms with van der Waals surface area (Å²) >= 11 is 1.59. The van der Waals surface area contributed by atoms with E-state index < -0.39 is 6.10 Å². The smallest absolute Gasteiger partial charge is 0.278 e. The van der Waals surface area contributed by atoms with Crippen molar-refractivity contribution in [3.05, 3.63) is 28.6 Å². The van der Waals surface area contributed by atoms with Crippen LogP contribution >= 0.6 is 11.3 Å². The second kappa shape index (κ2) is 4.53. The molecule has 4 heterocycles. The van der Waals surface area contributed by atoms with Gasteiger partial charge in [0.25, 0.3) is 5.89 Å². The standard InChI is InChI=1S/C13H12N4O2S/c18-11-2-1-4-17-10(11)6-9(15-17)13-14-12(16-19-13)8-3-5-20-7-8/h3,5-7,11,18H,1-2,4H2. The molecule has 1 unspecified atom stereocenters. The maximum Gasteiger partial charge on any atom is 0.278 e. The fourth-order valence-corrected chi connectivity index (χ4v) is 3.04. The highest BCUT2D eigenvalue weighted by atomic mass is 32.1. The van der Waals surface area contributed by atoms with Gasteiger partial charge in [-0.25, -0.2) is 0 Å². The number of aromatic nitrogens is 4. The predicted octanol–water partition coefficient (Wildman–Crippen LogP) is 2.49. The van der Waals surface area contributed by atoms with Gasteiger partial charge in [0.05, 0.1) is 11.8 Å². The van der Waals surface area contributed by atoms with Gasteiger partial charge in [-0.2, -0.15) is 21.4 Å². The summed E-state index contributed by atoms with van der Waals surface area (Å²) in [5.74, 6) is 0.952. The van der Waals surface area contributed by atoms with E-state index in [0.29, 0.717) is 17.4 Å². The van der Waals surface area contributed by atoms with Crippen molar-refractivity contribution in [3.8, 4) is 23.0 Å². The van der Waals surface area contributed by atoms with Gasteiger partial charge in [0, 0.05) is 17.5 Å². The molecule has 0 bridgehead atoms. The molecule has 1 aliphatic heterocycles. The quantitative estimate of drug-likeness (QED) is 0.784. The number of aliphatic hydroxyl groups excluding tert-OH is 1. The summed E-state index contributed by atoms with van der Waals surface area (Å²) in [6.07, 6.45) is 1.25. The monoisotopic (exact) mass is 288 g/mol. The summed E-state index contributed by atoms with van der Waals surface area (Å²) in [5, 5.41) is 22.3. The van der Waals surface area contributed by atoms with E-state index in [2.05, 4.69) is 15.2 Å². The summed E-state index contributed by atoms with van der Waals surface area (Å²) in [7, 11) is 0. The highest BCUT2D eigenvalue weighted by Gasteiger charge is 2.23. The number of hydrogen-bond acceptors (Lipinski definition) is 6. The number of hydrogen-bond donors (Lipinski definition) is 1. The first kappa shape index (κ1) is 11.8. The Hall–Kier alpha value is -1.99. The van der Waals surface area contributed by atoms with E-state index in [9.17, 15) is 5.11 Å². The molecule has 0 radical (unpaired) electrons. The highest BCUT2D eigenvalue weighted by Crippen LogP contribution is 2.29. The zero-order valence-corrected chi connectivity index (χ0v) is 11.4. The van der Waals surface area contributed by atoms with Crippen LogP contribution in [0.2, 0.25) is 0 Å². The summed E-state index contributed by atoms with van der Waals surface area (Å²) in [6, 6.07) is 3.77.